The van der Waals surface area contributed by atoms with E-state index in [0.717, 1.165) is 12.1 Å². The van der Waals surface area contributed by atoms with Crippen molar-refractivity contribution >= 4 is 29.5 Å². The van der Waals surface area contributed by atoms with Gasteiger partial charge in [-0.3, -0.25) is 19.5 Å². The first-order valence-electron chi connectivity index (χ1n) is 7.94. The maximum Gasteiger partial charge on any atom is 0.250 e. The molecule has 2 aliphatic heterocycles. The van der Waals surface area contributed by atoms with Gasteiger partial charge in [-0.25, -0.2) is 4.98 Å². The summed E-state index contributed by atoms with van der Waals surface area (Å²) in [6.07, 6.45) is 4.78. The van der Waals surface area contributed by atoms with Crippen LogP contribution in [0.2, 0.25) is 0 Å². The molecule has 124 valence electrons. The molecule has 2 atom stereocenters. The summed E-state index contributed by atoms with van der Waals surface area (Å²) in [5.74, 6) is 0.982. The molecular weight excluding hydrogens is 324 g/mol. The summed E-state index contributed by atoms with van der Waals surface area (Å²) in [6.45, 7) is 2.04. The lowest BCUT2D eigenvalue weighted by atomic mass is 10.2. The van der Waals surface area contributed by atoms with Gasteiger partial charge < -0.3 is 4.90 Å². The molecule has 0 spiro atoms. The van der Waals surface area contributed by atoms with E-state index < -0.39 is 6.04 Å². The Morgan fingerprint density at radius 2 is 2.17 bits per heavy atom. The summed E-state index contributed by atoms with van der Waals surface area (Å²) in [6, 6.07) is 9.27. The number of nitrogens with zero attached hydrogens (tertiary/aromatic N) is 3. The third-order valence-corrected chi connectivity index (χ3v) is 6.16. The van der Waals surface area contributed by atoms with E-state index in [4.69, 9.17) is 0 Å². The van der Waals surface area contributed by atoms with Gasteiger partial charge in [0.25, 0.3) is 0 Å². The van der Waals surface area contributed by atoms with E-state index >= 15 is 0 Å². The zero-order valence-electron chi connectivity index (χ0n) is 13.3. The number of hydrogen-bond acceptors (Lipinski definition) is 4. The van der Waals surface area contributed by atoms with Crippen molar-refractivity contribution in [3.63, 3.8) is 0 Å². The SMILES string of the molecule is CC12CCC(=O)N1C(C(=O)Nc1nccn1-c1ccccc1)CS2. The molecule has 4 rings (SSSR count). The van der Waals surface area contributed by atoms with Crippen LogP contribution >= 0.6 is 11.8 Å². The Hall–Kier alpha value is -2.28. The van der Waals surface area contributed by atoms with E-state index in [9.17, 15) is 9.59 Å². The number of imidazole rings is 1. The van der Waals surface area contributed by atoms with Crippen molar-refractivity contribution in [1.82, 2.24) is 14.5 Å². The van der Waals surface area contributed by atoms with Gasteiger partial charge in [0.15, 0.2) is 0 Å². The largest absolute Gasteiger partial charge is 0.315 e. The molecule has 1 aromatic carbocycles. The number of hydrogen-bond donors (Lipinski definition) is 1. The van der Waals surface area contributed by atoms with Crippen LogP contribution < -0.4 is 5.32 Å². The minimum atomic E-state index is -0.434. The molecule has 2 amide bonds. The van der Waals surface area contributed by atoms with Crippen LogP contribution in [0.1, 0.15) is 19.8 Å². The maximum absolute atomic E-state index is 12.8. The molecule has 0 aliphatic carbocycles. The van der Waals surface area contributed by atoms with E-state index in [1.54, 1.807) is 29.1 Å². The number of amides is 2. The number of anilines is 1. The molecule has 2 fully saturated rings. The minimum Gasteiger partial charge on any atom is -0.315 e. The lowest BCUT2D eigenvalue weighted by Crippen LogP contribution is -2.48. The molecule has 0 radical (unpaired) electrons. The highest BCUT2D eigenvalue weighted by Crippen LogP contribution is 2.47. The van der Waals surface area contributed by atoms with Crippen LogP contribution in [0.4, 0.5) is 5.95 Å². The summed E-state index contributed by atoms with van der Waals surface area (Å²) in [4.78, 5) is 30.7. The van der Waals surface area contributed by atoms with Gasteiger partial charge in [-0.15, -0.1) is 11.8 Å². The van der Waals surface area contributed by atoms with Crippen molar-refractivity contribution < 1.29 is 9.59 Å². The van der Waals surface area contributed by atoms with Gasteiger partial charge in [-0.1, -0.05) is 18.2 Å². The Morgan fingerprint density at radius 3 is 2.96 bits per heavy atom. The van der Waals surface area contributed by atoms with Crippen LogP contribution in [-0.4, -0.2) is 42.9 Å². The molecule has 6 nitrogen and oxygen atoms in total. The predicted molar refractivity (Wildman–Crippen MR) is 92.9 cm³/mol. The maximum atomic E-state index is 12.8. The fourth-order valence-corrected chi connectivity index (χ4v) is 4.83. The van der Waals surface area contributed by atoms with E-state index in [1.807, 2.05) is 41.8 Å². The van der Waals surface area contributed by atoms with Crippen LogP contribution in [-0.2, 0) is 9.59 Å². The summed E-state index contributed by atoms with van der Waals surface area (Å²) in [5, 5.41) is 2.89. The second-order valence-corrected chi connectivity index (χ2v) is 7.71. The number of aromatic nitrogens is 2. The normalized spacial score (nSPS) is 25.8. The van der Waals surface area contributed by atoms with E-state index in [1.165, 1.54) is 0 Å². The van der Waals surface area contributed by atoms with Gasteiger partial charge in [0.1, 0.15) is 6.04 Å². The molecule has 7 heteroatoms. The fourth-order valence-electron chi connectivity index (χ4n) is 3.40. The van der Waals surface area contributed by atoms with Gasteiger partial charge in [-0.05, 0) is 25.5 Å². The predicted octanol–water partition coefficient (Wildman–Crippen LogP) is 2.26. The first-order valence-corrected chi connectivity index (χ1v) is 8.93. The summed E-state index contributed by atoms with van der Waals surface area (Å²) in [7, 11) is 0. The molecule has 2 unspecified atom stereocenters. The fraction of sp³-hybridized carbons (Fsp3) is 0.353. The lowest BCUT2D eigenvalue weighted by molar-refractivity contribution is -0.135. The van der Waals surface area contributed by atoms with Crippen LogP contribution in [0.5, 0.6) is 0 Å². The second-order valence-electron chi connectivity index (χ2n) is 6.21. The molecule has 0 bridgehead atoms. The van der Waals surface area contributed by atoms with Gasteiger partial charge in [0, 0.05) is 30.3 Å². The monoisotopic (exact) mass is 342 g/mol. The van der Waals surface area contributed by atoms with Gasteiger partial charge in [-0.2, -0.15) is 0 Å². The van der Waals surface area contributed by atoms with Gasteiger partial charge >= 0.3 is 0 Å². The molecule has 3 heterocycles. The zero-order valence-corrected chi connectivity index (χ0v) is 14.1. The average molecular weight is 342 g/mol. The third kappa shape index (κ3) is 2.39. The molecule has 0 saturated carbocycles. The zero-order chi connectivity index (χ0) is 16.7. The average Bonchev–Trinajstić information content (AvgIpc) is 3.25. The smallest absolute Gasteiger partial charge is 0.250 e. The number of nitrogens with one attached hydrogen (secondary N) is 1. The van der Waals surface area contributed by atoms with Gasteiger partial charge in [0.2, 0.25) is 17.8 Å². The Kier molecular flexibility index (Phi) is 3.60. The molecule has 2 saturated heterocycles. The third-order valence-electron chi connectivity index (χ3n) is 4.66. The highest BCUT2D eigenvalue weighted by Gasteiger charge is 2.53. The lowest BCUT2D eigenvalue weighted by Gasteiger charge is -2.29. The van der Waals surface area contributed by atoms with E-state index in [0.29, 0.717) is 18.1 Å². The molecular formula is C17H18N4O2S. The van der Waals surface area contributed by atoms with E-state index in [-0.39, 0.29) is 16.7 Å². The highest BCUT2D eigenvalue weighted by atomic mass is 32.2. The van der Waals surface area contributed by atoms with Gasteiger partial charge in [0.05, 0.1) is 4.87 Å². The van der Waals surface area contributed by atoms with Crippen molar-refractivity contribution in [3.05, 3.63) is 42.7 Å². The first kappa shape index (κ1) is 15.3. The standard InChI is InChI=1S/C17H18N4O2S/c1-17-8-7-14(22)21(17)13(11-24-17)15(23)19-16-18-9-10-20(16)12-5-3-2-4-6-12/h2-6,9-10,13H,7-8,11H2,1H3,(H,18,19,23). The Morgan fingerprint density at radius 1 is 1.38 bits per heavy atom. The molecule has 1 aromatic heterocycles. The Bertz CT molecular complexity index is 791. The van der Waals surface area contributed by atoms with Crippen molar-refractivity contribution in [2.75, 3.05) is 11.1 Å². The number of carbonyl (C=O) groups excluding carboxylic acids is 2. The number of para-hydroxylation sites is 1. The van der Waals surface area contributed by atoms with Crippen LogP contribution in [0.15, 0.2) is 42.7 Å². The van der Waals surface area contributed by atoms with Crippen molar-refractivity contribution in [2.24, 2.45) is 0 Å². The quantitative estimate of drug-likeness (QED) is 0.929. The second kappa shape index (κ2) is 5.66. The van der Waals surface area contributed by atoms with Crippen LogP contribution in [0.3, 0.4) is 0 Å². The summed E-state index contributed by atoms with van der Waals surface area (Å²) in [5.41, 5.74) is 0.924. The number of fused-ring (bicyclic) bond motifs is 1. The number of benzene rings is 1. The highest BCUT2D eigenvalue weighted by molar-refractivity contribution is 8.01. The number of carbonyl (C=O) groups is 2. The molecule has 1 N–H and O–H groups in total. The Labute approximate surface area is 144 Å². The summed E-state index contributed by atoms with van der Waals surface area (Å²) >= 11 is 1.69. The molecule has 2 aromatic rings. The van der Waals surface area contributed by atoms with Crippen LogP contribution in [0.25, 0.3) is 5.69 Å². The van der Waals surface area contributed by atoms with E-state index in [2.05, 4.69) is 10.3 Å². The van der Waals surface area contributed by atoms with Crippen molar-refractivity contribution in [1.29, 1.82) is 0 Å². The Balaban J connectivity index is 1.56. The van der Waals surface area contributed by atoms with Crippen molar-refractivity contribution in [2.45, 2.75) is 30.7 Å². The minimum absolute atomic E-state index is 0.0639. The van der Waals surface area contributed by atoms with Crippen molar-refractivity contribution in [3.8, 4) is 5.69 Å². The molecule has 24 heavy (non-hydrogen) atoms. The molecule has 2 aliphatic rings. The number of thioether (sulfide) groups is 1. The topological polar surface area (TPSA) is 67.2 Å². The first-order chi connectivity index (χ1) is 11.6. The van der Waals surface area contributed by atoms with Crippen LogP contribution in [0, 0.1) is 0 Å². The number of rotatable bonds is 3. The summed E-state index contributed by atoms with van der Waals surface area (Å²) < 4.78 is 1.82.